The smallest absolute Gasteiger partial charge is 0.260 e. The molecule has 2 aromatic heterocycles. The second kappa shape index (κ2) is 6.63. The maximum absolute atomic E-state index is 12.6. The number of thiophene rings is 1. The van der Waals surface area contributed by atoms with E-state index in [1.54, 1.807) is 17.4 Å². The van der Waals surface area contributed by atoms with E-state index in [9.17, 15) is 4.79 Å². The fourth-order valence-electron chi connectivity index (χ4n) is 2.66. The molecule has 0 saturated heterocycles. The van der Waals surface area contributed by atoms with Gasteiger partial charge in [0.25, 0.3) is 5.56 Å². The predicted octanol–water partition coefficient (Wildman–Crippen LogP) is 5.47. The van der Waals surface area contributed by atoms with E-state index in [-0.39, 0.29) is 5.56 Å². The third kappa shape index (κ3) is 3.03. The Bertz CT molecular complexity index is 930. The van der Waals surface area contributed by atoms with E-state index < -0.39 is 0 Å². The second-order valence-electron chi connectivity index (χ2n) is 5.33. The van der Waals surface area contributed by atoms with Crippen molar-refractivity contribution in [1.29, 1.82) is 0 Å². The molecule has 0 amide bonds. The Kier molecular flexibility index (Phi) is 4.76. The molecule has 0 fully saturated rings. The normalized spacial score (nSPS) is 11.3. The SMILES string of the molecule is CCCc1nc2sc(CC)c(-c3ccc(Cl)c(Cl)c3)c2c(=O)[nH]1. The van der Waals surface area contributed by atoms with E-state index in [2.05, 4.69) is 23.8 Å². The molecular weight excluding hydrogens is 351 g/mol. The first-order chi connectivity index (χ1) is 11.0. The highest BCUT2D eigenvalue weighted by Crippen LogP contribution is 2.38. The van der Waals surface area contributed by atoms with Crippen LogP contribution in [-0.4, -0.2) is 9.97 Å². The molecule has 0 aliphatic rings. The summed E-state index contributed by atoms with van der Waals surface area (Å²) in [5.74, 6) is 0.745. The van der Waals surface area contributed by atoms with Gasteiger partial charge in [0.1, 0.15) is 10.7 Å². The summed E-state index contributed by atoms with van der Waals surface area (Å²) < 4.78 is 0. The molecule has 0 saturated carbocycles. The average molecular weight is 367 g/mol. The average Bonchev–Trinajstić information content (AvgIpc) is 2.89. The van der Waals surface area contributed by atoms with Gasteiger partial charge in [-0.2, -0.15) is 0 Å². The second-order valence-corrected chi connectivity index (χ2v) is 7.22. The van der Waals surface area contributed by atoms with Gasteiger partial charge in [-0.3, -0.25) is 4.79 Å². The molecule has 23 heavy (non-hydrogen) atoms. The minimum atomic E-state index is -0.0875. The molecule has 0 aliphatic heterocycles. The number of aromatic amines is 1. The van der Waals surface area contributed by atoms with Crippen molar-refractivity contribution in [2.24, 2.45) is 0 Å². The van der Waals surface area contributed by atoms with Crippen LogP contribution in [0.3, 0.4) is 0 Å². The zero-order chi connectivity index (χ0) is 16.6. The van der Waals surface area contributed by atoms with Crippen LogP contribution in [0.1, 0.15) is 31.0 Å². The summed E-state index contributed by atoms with van der Waals surface area (Å²) in [7, 11) is 0. The Balaban J connectivity index is 2.30. The van der Waals surface area contributed by atoms with E-state index in [4.69, 9.17) is 23.2 Å². The minimum absolute atomic E-state index is 0.0875. The van der Waals surface area contributed by atoms with Gasteiger partial charge in [0, 0.05) is 16.9 Å². The quantitative estimate of drug-likeness (QED) is 0.664. The molecule has 3 rings (SSSR count). The molecule has 120 valence electrons. The van der Waals surface area contributed by atoms with Gasteiger partial charge in [0.2, 0.25) is 0 Å². The highest BCUT2D eigenvalue weighted by Gasteiger charge is 2.18. The third-order valence-corrected chi connectivity index (χ3v) is 5.67. The Morgan fingerprint density at radius 2 is 2.00 bits per heavy atom. The summed E-state index contributed by atoms with van der Waals surface area (Å²) in [6.07, 6.45) is 2.55. The van der Waals surface area contributed by atoms with Gasteiger partial charge in [-0.1, -0.05) is 43.1 Å². The van der Waals surface area contributed by atoms with E-state index in [0.717, 1.165) is 45.9 Å². The first-order valence-electron chi connectivity index (χ1n) is 7.55. The number of benzene rings is 1. The van der Waals surface area contributed by atoms with Crippen LogP contribution in [0.15, 0.2) is 23.0 Å². The Morgan fingerprint density at radius 3 is 2.65 bits per heavy atom. The molecule has 0 bridgehead atoms. The third-order valence-electron chi connectivity index (χ3n) is 3.70. The lowest BCUT2D eigenvalue weighted by Crippen LogP contribution is -2.11. The lowest BCUT2D eigenvalue weighted by molar-refractivity contribution is 0.838. The monoisotopic (exact) mass is 366 g/mol. The largest absolute Gasteiger partial charge is 0.310 e. The standard InChI is InChI=1S/C17H16Cl2N2OS/c1-3-5-13-20-16(22)15-14(12(4-2)23-17(15)21-13)9-6-7-10(18)11(19)8-9/h6-8H,3-5H2,1-2H3,(H,20,21,22). The lowest BCUT2D eigenvalue weighted by atomic mass is 10.0. The number of nitrogens with one attached hydrogen (secondary N) is 1. The number of aryl methyl sites for hydroxylation is 2. The summed E-state index contributed by atoms with van der Waals surface area (Å²) in [5, 5.41) is 1.63. The first-order valence-corrected chi connectivity index (χ1v) is 9.12. The predicted molar refractivity (Wildman–Crippen MR) is 99.1 cm³/mol. The molecule has 3 nitrogen and oxygen atoms in total. The number of hydrogen-bond acceptors (Lipinski definition) is 3. The van der Waals surface area contributed by atoms with E-state index in [0.29, 0.717) is 15.4 Å². The van der Waals surface area contributed by atoms with Crippen molar-refractivity contribution in [2.45, 2.75) is 33.1 Å². The zero-order valence-corrected chi connectivity index (χ0v) is 15.2. The number of halogens is 2. The molecular formula is C17H16Cl2N2OS. The molecule has 3 aromatic rings. The van der Waals surface area contributed by atoms with Crippen molar-refractivity contribution < 1.29 is 0 Å². The Hall–Kier alpha value is -1.36. The fraction of sp³-hybridized carbons (Fsp3) is 0.294. The van der Waals surface area contributed by atoms with Crippen LogP contribution in [-0.2, 0) is 12.8 Å². The Labute approximate surface area is 148 Å². The van der Waals surface area contributed by atoms with Crippen molar-refractivity contribution >= 4 is 44.8 Å². The number of nitrogens with zero attached hydrogens (tertiary/aromatic N) is 1. The molecule has 2 heterocycles. The fourth-order valence-corrected chi connectivity index (χ4v) is 4.11. The van der Waals surface area contributed by atoms with Gasteiger partial charge in [-0.15, -0.1) is 11.3 Å². The highest BCUT2D eigenvalue weighted by molar-refractivity contribution is 7.19. The Morgan fingerprint density at radius 1 is 1.22 bits per heavy atom. The molecule has 0 radical (unpaired) electrons. The topological polar surface area (TPSA) is 45.8 Å². The summed E-state index contributed by atoms with van der Waals surface area (Å²) in [6.45, 7) is 4.14. The summed E-state index contributed by atoms with van der Waals surface area (Å²) in [5.41, 5.74) is 1.73. The zero-order valence-electron chi connectivity index (χ0n) is 12.9. The van der Waals surface area contributed by atoms with Gasteiger partial charge in [0.05, 0.1) is 15.4 Å². The lowest BCUT2D eigenvalue weighted by Gasteiger charge is -2.05. The highest BCUT2D eigenvalue weighted by atomic mass is 35.5. The van der Waals surface area contributed by atoms with E-state index >= 15 is 0 Å². The van der Waals surface area contributed by atoms with Gasteiger partial charge in [-0.05, 0) is 30.5 Å². The van der Waals surface area contributed by atoms with Crippen molar-refractivity contribution in [2.75, 3.05) is 0 Å². The van der Waals surface area contributed by atoms with E-state index in [1.165, 1.54) is 0 Å². The van der Waals surface area contributed by atoms with Crippen LogP contribution >= 0.6 is 34.5 Å². The van der Waals surface area contributed by atoms with Gasteiger partial charge in [0.15, 0.2) is 0 Å². The van der Waals surface area contributed by atoms with Crippen molar-refractivity contribution in [3.8, 4) is 11.1 Å². The van der Waals surface area contributed by atoms with Crippen molar-refractivity contribution in [1.82, 2.24) is 9.97 Å². The van der Waals surface area contributed by atoms with Crippen LogP contribution in [0.5, 0.6) is 0 Å². The maximum Gasteiger partial charge on any atom is 0.260 e. The van der Waals surface area contributed by atoms with E-state index in [1.807, 2.05) is 12.1 Å². The van der Waals surface area contributed by atoms with Crippen molar-refractivity contribution in [3.05, 3.63) is 49.3 Å². The number of H-pyrrole nitrogens is 1. The number of hydrogen-bond donors (Lipinski definition) is 1. The molecule has 0 atom stereocenters. The van der Waals surface area contributed by atoms with Crippen LogP contribution in [0.2, 0.25) is 10.0 Å². The first kappa shape index (κ1) is 16.5. The molecule has 0 aliphatic carbocycles. The van der Waals surface area contributed by atoms with Gasteiger partial charge < -0.3 is 4.98 Å². The number of rotatable bonds is 4. The van der Waals surface area contributed by atoms with Crippen LogP contribution in [0.25, 0.3) is 21.3 Å². The van der Waals surface area contributed by atoms with Crippen LogP contribution in [0, 0.1) is 0 Å². The summed E-state index contributed by atoms with van der Waals surface area (Å²) in [6, 6.07) is 5.47. The number of aromatic nitrogens is 2. The van der Waals surface area contributed by atoms with Crippen LogP contribution < -0.4 is 5.56 Å². The molecule has 1 aromatic carbocycles. The maximum atomic E-state index is 12.6. The molecule has 0 unspecified atom stereocenters. The molecule has 1 N–H and O–H groups in total. The van der Waals surface area contributed by atoms with Gasteiger partial charge in [-0.25, -0.2) is 4.98 Å². The van der Waals surface area contributed by atoms with Crippen molar-refractivity contribution in [3.63, 3.8) is 0 Å². The minimum Gasteiger partial charge on any atom is -0.310 e. The van der Waals surface area contributed by atoms with Gasteiger partial charge >= 0.3 is 0 Å². The number of fused-ring (bicyclic) bond motifs is 1. The molecule has 0 spiro atoms. The summed E-state index contributed by atoms with van der Waals surface area (Å²) >= 11 is 13.7. The molecule has 6 heteroatoms. The van der Waals surface area contributed by atoms with Crippen LogP contribution in [0.4, 0.5) is 0 Å². The summed E-state index contributed by atoms with van der Waals surface area (Å²) in [4.78, 5) is 22.0.